The third-order valence-electron chi connectivity index (χ3n) is 6.94. The van der Waals surface area contributed by atoms with Gasteiger partial charge in [-0.1, -0.05) is 18.2 Å². The molecule has 7 rings (SSSR count). The Kier molecular flexibility index (Phi) is 4.62. The van der Waals surface area contributed by atoms with Crippen molar-refractivity contribution in [3.05, 3.63) is 112 Å². The number of anilines is 1. The van der Waals surface area contributed by atoms with Gasteiger partial charge >= 0.3 is 0 Å². The average Bonchev–Trinajstić information content (AvgIpc) is 3.67. The molecule has 0 spiro atoms. The number of benzene rings is 3. The first-order chi connectivity index (χ1) is 18.1. The van der Waals surface area contributed by atoms with Gasteiger partial charge in [0.15, 0.2) is 22.7 Å². The van der Waals surface area contributed by atoms with Crippen molar-refractivity contribution in [1.82, 2.24) is 9.88 Å². The second kappa shape index (κ2) is 8.03. The number of fused-ring (bicyclic) bond motifs is 3. The highest BCUT2D eigenvalue weighted by Gasteiger charge is 2.39. The molecule has 3 aromatic carbocycles. The highest BCUT2D eigenvalue weighted by molar-refractivity contribution is 5.93. The van der Waals surface area contributed by atoms with E-state index in [9.17, 15) is 9.59 Å². The van der Waals surface area contributed by atoms with Gasteiger partial charge in [-0.2, -0.15) is 0 Å². The van der Waals surface area contributed by atoms with Gasteiger partial charge in [-0.05, 0) is 66.2 Å². The minimum atomic E-state index is -0.542. The van der Waals surface area contributed by atoms with Crippen molar-refractivity contribution in [3.8, 4) is 22.8 Å². The average molecular weight is 492 g/mol. The van der Waals surface area contributed by atoms with E-state index in [1.54, 1.807) is 35.2 Å². The van der Waals surface area contributed by atoms with Crippen molar-refractivity contribution < 1.29 is 18.7 Å². The van der Waals surface area contributed by atoms with Crippen LogP contribution in [0.5, 0.6) is 11.5 Å². The highest BCUT2D eigenvalue weighted by Crippen LogP contribution is 2.42. The Morgan fingerprint density at radius 2 is 1.76 bits per heavy atom. The van der Waals surface area contributed by atoms with Crippen LogP contribution in [0.4, 0.5) is 5.69 Å². The number of nitrogens with zero attached hydrogens (tertiary/aromatic N) is 1. The molecule has 0 saturated carbocycles. The topological polar surface area (TPSA) is 111 Å². The van der Waals surface area contributed by atoms with Gasteiger partial charge in [0.05, 0.1) is 18.3 Å². The number of aromatic nitrogens is 1. The van der Waals surface area contributed by atoms with Gasteiger partial charge in [0.25, 0.3) is 5.91 Å². The zero-order valence-corrected chi connectivity index (χ0v) is 19.6. The van der Waals surface area contributed by atoms with Gasteiger partial charge in [0.1, 0.15) is 5.76 Å². The third kappa shape index (κ3) is 3.37. The zero-order chi connectivity index (χ0) is 25.1. The van der Waals surface area contributed by atoms with Crippen LogP contribution in [0.1, 0.15) is 33.4 Å². The van der Waals surface area contributed by atoms with Crippen LogP contribution < -0.4 is 20.6 Å². The summed E-state index contributed by atoms with van der Waals surface area (Å²) < 4.78 is 17.1. The molecular weight excluding hydrogens is 470 g/mol. The largest absolute Gasteiger partial charge is 0.454 e. The van der Waals surface area contributed by atoms with E-state index in [0.717, 1.165) is 16.6 Å². The lowest BCUT2D eigenvalue weighted by atomic mass is 10.0. The van der Waals surface area contributed by atoms with E-state index in [4.69, 9.17) is 19.6 Å². The molecule has 0 fully saturated rings. The molecule has 2 aliphatic heterocycles. The van der Waals surface area contributed by atoms with Gasteiger partial charge in [-0.3, -0.25) is 9.59 Å². The molecule has 1 atom stereocenters. The number of amides is 1. The van der Waals surface area contributed by atoms with E-state index in [1.165, 1.54) is 0 Å². The number of ether oxygens (including phenoxy) is 2. The van der Waals surface area contributed by atoms with Crippen molar-refractivity contribution >= 4 is 22.5 Å². The molecule has 2 aliphatic rings. The Balaban J connectivity index is 1.34. The summed E-state index contributed by atoms with van der Waals surface area (Å²) in [5.74, 6) is 1.66. The molecule has 1 amide bonds. The van der Waals surface area contributed by atoms with Crippen LogP contribution in [0.15, 0.2) is 88.1 Å². The maximum atomic E-state index is 13.9. The van der Waals surface area contributed by atoms with E-state index in [0.29, 0.717) is 39.6 Å². The monoisotopic (exact) mass is 491 g/mol. The van der Waals surface area contributed by atoms with Gasteiger partial charge in [-0.15, -0.1) is 0 Å². The van der Waals surface area contributed by atoms with E-state index in [2.05, 4.69) is 4.98 Å². The fourth-order valence-corrected chi connectivity index (χ4v) is 5.12. The van der Waals surface area contributed by atoms with Gasteiger partial charge < -0.3 is 29.5 Å². The minimum Gasteiger partial charge on any atom is -0.454 e. The lowest BCUT2D eigenvalue weighted by Gasteiger charge is -2.25. The molecular formula is C29H21N3O5. The van der Waals surface area contributed by atoms with Crippen molar-refractivity contribution in [2.75, 3.05) is 12.5 Å². The normalized spacial score (nSPS) is 15.8. The first kappa shape index (κ1) is 21.3. The molecule has 1 unspecified atom stereocenters. The molecule has 0 bridgehead atoms. The number of nitrogens with one attached hydrogen (secondary N) is 1. The van der Waals surface area contributed by atoms with Crippen LogP contribution in [-0.2, 0) is 6.54 Å². The van der Waals surface area contributed by atoms with Crippen molar-refractivity contribution in [2.24, 2.45) is 0 Å². The number of carbonyl (C=O) groups excluding carboxylic acids is 1. The van der Waals surface area contributed by atoms with E-state index >= 15 is 0 Å². The lowest BCUT2D eigenvalue weighted by Crippen LogP contribution is -2.30. The summed E-state index contributed by atoms with van der Waals surface area (Å²) in [4.78, 5) is 32.4. The summed E-state index contributed by atoms with van der Waals surface area (Å²) in [5, 5.41) is 0.587. The van der Waals surface area contributed by atoms with E-state index < -0.39 is 6.04 Å². The number of rotatable bonds is 3. The minimum absolute atomic E-state index is 0.0904. The first-order valence-corrected chi connectivity index (χ1v) is 11.9. The van der Waals surface area contributed by atoms with Crippen LogP contribution in [0.3, 0.4) is 0 Å². The number of hydrogen-bond acceptors (Lipinski definition) is 6. The van der Waals surface area contributed by atoms with E-state index in [1.807, 2.05) is 48.5 Å². The van der Waals surface area contributed by atoms with Gasteiger partial charge in [0.2, 0.25) is 6.79 Å². The SMILES string of the molecule is Nc1ccc(-c2ccc(C(=O)N3Cc4c([nH]c5ccccc5c4=O)C3c3ccc4c(c3)OCO4)o2)cc1. The Bertz CT molecular complexity index is 1750. The van der Waals surface area contributed by atoms with Crippen LogP contribution in [0, 0.1) is 0 Å². The number of nitrogens with two attached hydrogens (primary N) is 1. The zero-order valence-electron chi connectivity index (χ0n) is 19.6. The molecule has 4 heterocycles. The smallest absolute Gasteiger partial charge is 0.290 e. The number of carbonyl (C=O) groups is 1. The predicted octanol–water partition coefficient (Wildman–Crippen LogP) is 4.84. The second-order valence-electron chi connectivity index (χ2n) is 9.13. The molecule has 8 nitrogen and oxygen atoms in total. The van der Waals surface area contributed by atoms with Crippen LogP contribution in [-0.4, -0.2) is 22.6 Å². The molecule has 3 N–H and O–H groups in total. The molecule has 2 aromatic heterocycles. The molecule has 5 aromatic rings. The number of nitrogen functional groups attached to an aromatic ring is 1. The Morgan fingerprint density at radius 3 is 2.62 bits per heavy atom. The summed E-state index contributed by atoms with van der Waals surface area (Å²) in [6, 6.07) is 23.1. The summed E-state index contributed by atoms with van der Waals surface area (Å²) >= 11 is 0. The molecule has 0 aliphatic carbocycles. The van der Waals surface area contributed by atoms with Crippen LogP contribution in [0.25, 0.3) is 22.2 Å². The number of furan rings is 1. The summed E-state index contributed by atoms with van der Waals surface area (Å²) in [6.45, 7) is 0.288. The van der Waals surface area contributed by atoms with Gasteiger partial charge in [0, 0.05) is 27.7 Å². The standard InChI is InChI=1S/C29H21N3O5/c30-18-8-5-16(6-9-18)22-11-12-24(37-22)29(34)32-14-20-26(31-21-4-2-1-3-19(21)28(20)33)27(32)17-7-10-23-25(13-17)36-15-35-23/h1-13,27H,14-15,30H2,(H,31,33). The Hall–Kier alpha value is -4.98. The van der Waals surface area contributed by atoms with Crippen molar-refractivity contribution in [2.45, 2.75) is 12.6 Å². The Labute approximate surface area is 210 Å². The summed E-state index contributed by atoms with van der Waals surface area (Å²) in [6.07, 6.45) is 0. The number of hydrogen-bond donors (Lipinski definition) is 2. The quantitative estimate of drug-likeness (QED) is 0.349. The summed E-state index contributed by atoms with van der Waals surface area (Å²) in [5.41, 5.74) is 9.92. The van der Waals surface area contributed by atoms with Crippen molar-refractivity contribution in [3.63, 3.8) is 0 Å². The van der Waals surface area contributed by atoms with Gasteiger partial charge in [-0.25, -0.2) is 0 Å². The first-order valence-electron chi connectivity index (χ1n) is 11.9. The number of aromatic amines is 1. The second-order valence-corrected chi connectivity index (χ2v) is 9.13. The third-order valence-corrected chi connectivity index (χ3v) is 6.94. The maximum absolute atomic E-state index is 13.9. The highest BCUT2D eigenvalue weighted by atomic mass is 16.7. The number of H-pyrrole nitrogens is 1. The van der Waals surface area contributed by atoms with Crippen molar-refractivity contribution in [1.29, 1.82) is 0 Å². The van der Waals surface area contributed by atoms with Crippen LogP contribution >= 0.6 is 0 Å². The molecule has 8 heteroatoms. The Morgan fingerprint density at radius 1 is 0.946 bits per heavy atom. The number of pyridine rings is 1. The van der Waals surface area contributed by atoms with E-state index in [-0.39, 0.29) is 30.4 Å². The fraction of sp³-hybridized carbons (Fsp3) is 0.103. The molecule has 0 radical (unpaired) electrons. The maximum Gasteiger partial charge on any atom is 0.290 e. The predicted molar refractivity (Wildman–Crippen MR) is 137 cm³/mol. The van der Waals surface area contributed by atoms with Crippen LogP contribution in [0.2, 0.25) is 0 Å². The summed E-state index contributed by atoms with van der Waals surface area (Å²) in [7, 11) is 0. The fourth-order valence-electron chi connectivity index (χ4n) is 5.12. The number of para-hydroxylation sites is 1. The molecule has 182 valence electrons. The molecule has 0 saturated heterocycles. The molecule has 37 heavy (non-hydrogen) atoms. The lowest BCUT2D eigenvalue weighted by molar-refractivity contribution is 0.0685.